The van der Waals surface area contributed by atoms with Crippen molar-refractivity contribution in [1.29, 1.82) is 0 Å². The van der Waals surface area contributed by atoms with Crippen molar-refractivity contribution in [3.8, 4) is 0 Å². The summed E-state index contributed by atoms with van der Waals surface area (Å²) in [6.07, 6.45) is -0.0669. The van der Waals surface area contributed by atoms with Gasteiger partial charge in [-0.2, -0.15) is 0 Å². The quantitative estimate of drug-likeness (QED) is 0.313. The average molecular weight is 408 g/mol. The van der Waals surface area contributed by atoms with Gasteiger partial charge in [0.15, 0.2) is 0 Å². The van der Waals surface area contributed by atoms with Crippen LogP contribution >= 0.6 is 0 Å². The Morgan fingerprint density at radius 3 is 1.29 bits per heavy atom. The molecule has 0 atom stereocenters. The third-order valence-electron chi connectivity index (χ3n) is 5.60. The molecule has 156 valence electrons. The second-order valence-electron chi connectivity index (χ2n) is 7.78. The minimum atomic E-state index is -0.0669. The topological polar surface area (TPSA) is 12.5 Å². The van der Waals surface area contributed by atoms with Gasteiger partial charge in [-0.25, -0.2) is 0 Å². The molecule has 0 saturated carbocycles. The summed E-state index contributed by atoms with van der Waals surface area (Å²) in [4.78, 5) is 2.37. The molecule has 0 unspecified atom stereocenters. The van der Waals surface area contributed by atoms with Crippen LogP contribution in [0.3, 0.4) is 0 Å². The van der Waals surface area contributed by atoms with Crippen molar-refractivity contribution in [3.05, 3.63) is 144 Å². The number of ether oxygens (including phenoxy) is 1. The number of nitrogens with zero attached hydrogens (tertiary/aromatic N) is 1. The van der Waals surface area contributed by atoms with Gasteiger partial charge >= 0.3 is 0 Å². The molecule has 0 bridgehead atoms. The summed E-state index contributed by atoms with van der Waals surface area (Å²) in [6.45, 7) is 1.46. The van der Waals surface area contributed by atoms with E-state index in [1.807, 2.05) is 12.1 Å². The first-order valence-corrected chi connectivity index (χ1v) is 10.8. The minimum absolute atomic E-state index is 0.0669. The van der Waals surface area contributed by atoms with Crippen LogP contribution in [0.15, 0.2) is 121 Å². The van der Waals surface area contributed by atoms with Gasteiger partial charge in [-0.15, -0.1) is 0 Å². The van der Waals surface area contributed by atoms with Crippen LogP contribution in [0, 0.1) is 0 Å². The van der Waals surface area contributed by atoms with E-state index in [1.54, 1.807) is 0 Å². The predicted octanol–water partition coefficient (Wildman–Crippen LogP) is 6.51. The minimum Gasteiger partial charge on any atom is -0.367 e. The van der Waals surface area contributed by atoms with Crippen molar-refractivity contribution in [2.24, 2.45) is 0 Å². The molecule has 0 heterocycles. The van der Waals surface area contributed by atoms with Gasteiger partial charge in [0.1, 0.15) is 6.10 Å². The Morgan fingerprint density at radius 2 is 0.903 bits per heavy atom. The fraction of sp³-hybridized carbons (Fsp3) is 0.172. The highest BCUT2D eigenvalue weighted by Crippen LogP contribution is 2.29. The molecular formula is C29H29NO. The van der Waals surface area contributed by atoms with E-state index in [0.717, 1.165) is 6.54 Å². The highest BCUT2D eigenvalue weighted by Gasteiger charge is 2.20. The van der Waals surface area contributed by atoms with Crippen molar-refractivity contribution in [2.75, 3.05) is 20.2 Å². The highest BCUT2D eigenvalue weighted by atomic mass is 16.5. The third-order valence-corrected chi connectivity index (χ3v) is 5.60. The second kappa shape index (κ2) is 10.7. The molecule has 0 spiro atoms. The summed E-state index contributed by atoms with van der Waals surface area (Å²) in [5.41, 5.74) is 4.94. The van der Waals surface area contributed by atoms with Crippen LogP contribution in [-0.2, 0) is 4.74 Å². The summed E-state index contributed by atoms with van der Waals surface area (Å²) in [5.74, 6) is 0. The monoisotopic (exact) mass is 407 g/mol. The average Bonchev–Trinajstić information content (AvgIpc) is 2.84. The number of likely N-dealkylation sites (N-methyl/N-ethyl adjacent to an activating group) is 1. The molecule has 0 fully saturated rings. The zero-order valence-corrected chi connectivity index (χ0v) is 18.0. The van der Waals surface area contributed by atoms with Crippen LogP contribution < -0.4 is 0 Å². The summed E-state index contributed by atoms with van der Waals surface area (Å²) >= 11 is 0. The SMILES string of the molecule is CN(CCOC(c1ccccc1)c1ccccc1)C(c1ccccc1)c1ccccc1. The lowest BCUT2D eigenvalue weighted by molar-refractivity contribution is 0.0597. The fourth-order valence-electron chi connectivity index (χ4n) is 4.06. The van der Waals surface area contributed by atoms with E-state index in [0.29, 0.717) is 6.61 Å². The number of hydrogen-bond donors (Lipinski definition) is 0. The van der Waals surface area contributed by atoms with Gasteiger partial charge in [0.2, 0.25) is 0 Å². The van der Waals surface area contributed by atoms with Crippen molar-refractivity contribution in [1.82, 2.24) is 4.90 Å². The molecule has 0 amide bonds. The fourth-order valence-corrected chi connectivity index (χ4v) is 4.06. The van der Waals surface area contributed by atoms with Gasteiger partial charge < -0.3 is 4.74 Å². The van der Waals surface area contributed by atoms with E-state index in [2.05, 4.69) is 121 Å². The molecule has 4 rings (SSSR count). The molecule has 0 aliphatic heterocycles. The Kier molecular flexibility index (Phi) is 7.28. The molecular weight excluding hydrogens is 378 g/mol. The molecule has 4 aromatic carbocycles. The number of hydrogen-bond acceptors (Lipinski definition) is 2. The normalized spacial score (nSPS) is 11.4. The van der Waals surface area contributed by atoms with Gasteiger partial charge in [0.25, 0.3) is 0 Å². The van der Waals surface area contributed by atoms with Crippen LogP contribution in [-0.4, -0.2) is 25.1 Å². The molecule has 0 N–H and O–H groups in total. The highest BCUT2D eigenvalue weighted by molar-refractivity contribution is 5.32. The van der Waals surface area contributed by atoms with Gasteiger partial charge in [-0.1, -0.05) is 121 Å². The van der Waals surface area contributed by atoms with E-state index in [4.69, 9.17) is 4.74 Å². The Hall–Kier alpha value is -3.20. The van der Waals surface area contributed by atoms with Crippen molar-refractivity contribution < 1.29 is 4.74 Å². The maximum atomic E-state index is 6.47. The second-order valence-corrected chi connectivity index (χ2v) is 7.78. The molecule has 0 aromatic heterocycles. The molecule has 0 aliphatic rings. The van der Waals surface area contributed by atoms with Crippen LogP contribution in [0.5, 0.6) is 0 Å². The van der Waals surface area contributed by atoms with E-state index in [9.17, 15) is 0 Å². The molecule has 4 aromatic rings. The zero-order valence-electron chi connectivity index (χ0n) is 18.0. The van der Waals surface area contributed by atoms with E-state index >= 15 is 0 Å². The maximum Gasteiger partial charge on any atom is 0.108 e. The summed E-state index contributed by atoms with van der Waals surface area (Å²) < 4.78 is 6.47. The smallest absolute Gasteiger partial charge is 0.108 e. The van der Waals surface area contributed by atoms with Crippen LogP contribution in [0.1, 0.15) is 34.4 Å². The van der Waals surface area contributed by atoms with E-state index in [-0.39, 0.29) is 12.1 Å². The lowest BCUT2D eigenvalue weighted by Gasteiger charge is -2.30. The van der Waals surface area contributed by atoms with Crippen LogP contribution in [0.25, 0.3) is 0 Å². The first-order chi connectivity index (χ1) is 15.3. The Morgan fingerprint density at radius 1 is 0.548 bits per heavy atom. The van der Waals surface area contributed by atoms with Crippen LogP contribution in [0.2, 0.25) is 0 Å². The van der Waals surface area contributed by atoms with Gasteiger partial charge in [-0.05, 0) is 29.3 Å². The van der Waals surface area contributed by atoms with Gasteiger partial charge in [-0.3, -0.25) is 4.90 Å². The number of benzene rings is 4. The summed E-state index contributed by atoms with van der Waals surface area (Å²) in [7, 11) is 2.17. The van der Waals surface area contributed by atoms with Crippen molar-refractivity contribution in [3.63, 3.8) is 0 Å². The maximum absolute atomic E-state index is 6.47. The van der Waals surface area contributed by atoms with Gasteiger partial charge in [0.05, 0.1) is 12.6 Å². The Labute approximate surface area is 185 Å². The first-order valence-electron chi connectivity index (χ1n) is 10.8. The lowest BCUT2D eigenvalue weighted by atomic mass is 9.97. The largest absolute Gasteiger partial charge is 0.367 e. The van der Waals surface area contributed by atoms with Crippen molar-refractivity contribution >= 4 is 0 Å². The van der Waals surface area contributed by atoms with Crippen molar-refractivity contribution in [2.45, 2.75) is 12.1 Å². The van der Waals surface area contributed by atoms with E-state index < -0.39 is 0 Å². The summed E-state index contributed by atoms with van der Waals surface area (Å²) in [5, 5.41) is 0. The Balaban J connectivity index is 1.50. The number of rotatable bonds is 9. The molecule has 0 aliphatic carbocycles. The predicted molar refractivity (Wildman–Crippen MR) is 128 cm³/mol. The molecule has 2 heteroatoms. The molecule has 2 nitrogen and oxygen atoms in total. The molecule has 0 radical (unpaired) electrons. The zero-order chi connectivity index (χ0) is 21.3. The van der Waals surface area contributed by atoms with Crippen LogP contribution in [0.4, 0.5) is 0 Å². The van der Waals surface area contributed by atoms with E-state index in [1.165, 1.54) is 22.3 Å². The van der Waals surface area contributed by atoms with Gasteiger partial charge in [0, 0.05) is 6.54 Å². The summed E-state index contributed by atoms with van der Waals surface area (Å²) in [6, 6.07) is 42.5. The molecule has 0 saturated heterocycles. The lowest BCUT2D eigenvalue weighted by Crippen LogP contribution is -2.29. The Bertz CT molecular complexity index is 940. The third kappa shape index (κ3) is 5.49. The first kappa shape index (κ1) is 21.0. The standard InChI is InChI=1S/C29H29NO/c1-30(28(24-14-6-2-7-15-24)25-16-8-3-9-17-25)22-23-31-29(26-18-10-4-11-19-26)27-20-12-5-13-21-27/h2-21,28-29H,22-23H2,1H3. The molecule has 31 heavy (non-hydrogen) atoms.